The normalized spacial score (nSPS) is 22.0. The van der Waals surface area contributed by atoms with Crippen LogP contribution in [0.1, 0.15) is 45.1 Å². The number of hydrogen-bond acceptors (Lipinski definition) is 3. The van der Waals surface area contributed by atoms with Gasteiger partial charge in [-0.15, -0.1) is 0 Å². The van der Waals surface area contributed by atoms with Gasteiger partial charge in [0.15, 0.2) is 5.60 Å². The Hall–Kier alpha value is -1.88. The second-order valence-electron chi connectivity index (χ2n) is 7.06. The third kappa shape index (κ3) is 4.10. The van der Waals surface area contributed by atoms with Gasteiger partial charge in [0.1, 0.15) is 0 Å². The number of primary amides is 1. The van der Waals surface area contributed by atoms with Crippen LogP contribution < -0.4 is 5.73 Å². The molecule has 1 fully saturated rings. The quantitative estimate of drug-likeness (QED) is 0.864. The molecule has 2 amide bonds. The predicted octanol–water partition coefficient (Wildman–Crippen LogP) is 1.58. The molecule has 5 heteroatoms. The lowest BCUT2D eigenvalue weighted by Gasteiger charge is -2.37. The Labute approximate surface area is 137 Å². The summed E-state index contributed by atoms with van der Waals surface area (Å²) in [6, 6.07) is 10.1. The number of amides is 2. The number of likely N-dealkylation sites (tertiary alicyclic amines) is 1. The highest BCUT2D eigenvalue weighted by Gasteiger charge is 2.40. The Morgan fingerprint density at radius 3 is 2.57 bits per heavy atom. The van der Waals surface area contributed by atoms with Crippen molar-refractivity contribution < 1.29 is 14.7 Å². The van der Waals surface area contributed by atoms with Crippen LogP contribution in [0.15, 0.2) is 30.3 Å². The Bertz CT molecular complexity index is 571. The SMILES string of the molecule is CC(C)(CCC(=O)N1CCC[C@](O)(C(N)=O)C1)c1ccccc1. The Morgan fingerprint density at radius 2 is 1.96 bits per heavy atom. The average molecular weight is 318 g/mol. The van der Waals surface area contributed by atoms with Crippen molar-refractivity contribution in [3.8, 4) is 0 Å². The minimum absolute atomic E-state index is 0.00688. The van der Waals surface area contributed by atoms with Crippen LogP contribution in [0.25, 0.3) is 0 Å². The first-order chi connectivity index (χ1) is 10.7. The van der Waals surface area contributed by atoms with E-state index in [-0.39, 0.29) is 17.9 Å². The number of hydrogen-bond donors (Lipinski definition) is 2. The molecule has 0 saturated carbocycles. The zero-order valence-corrected chi connectivity index (χ0v) is 13.9. The van der Waals surface area contributed by atoms with E-state index in [2.05, 4.69) is 26.0 Å². The maximum atomic E-state index is 12.4. The van der Waals surface area contributed by atoms with E-state index in [1.54, 1.807) is 4.90 Å². The maximum Gasteiger partial charge on any atom is 0.251 e. The van der Waals surface area contributed by atoms with E-state index >= 15 is 0 Å². The Morgan fingerprint density at radius 1 is 1.30 bits per heavy atom. The summed E-state index contributed by atoms with van der Waals surface area (Å²) in [5.74, 6) is -0.784. The summed E-state index contributed by atoms with van der Waals surface area (Å²) in [7, 11) is 0. The molecular formula is C18H26N2O3. The van der Waals surface area contributed by atoms with Crippen LogP contribution in [0.3, 0.4) is 0 Å². The van der Waals surface area contributed by atoms with E-state index < -0.39 is 11.5 Å². The third-order valence-electron chi connectivity index (χ3n) is 4.80. The molecule has 0 aliphatic carbocycles. The first-order valence-corrected chi connectivity index (χ1v) is 8.10. The first-order valence-electron chi connectivity index (χ1n) is 8.10. The zero-order chi connectivity index (χ0) is 17.1. The fourth-order valence-electron chi connectivity index (χ4n) is 3.06. The second kappa shape index (κ2) is 6.71. The van der Waals surface area contributed by atoms with E-state index in [0.717, 1.165) is 0 Å². The molecule has 1 saturated heterocycles. The van der Waals surface area contributed by atoms with Crippen LogP contribution >= 0.6 is 0 Å². The fraction of sp³-hybridized carbons (Fsp3) is 0.556. The van der Waals surface area contributed by atoms with Crippen molar-refractivity contribution in [2.45, 2.75) is 50.5 Å². The summed E-state index contributed by atoms with van der Waals surface area (Å²) in [6.45, 7) is 4.81. The molecule has 126 valence electrons. The van der Waals surface area contributed by atoms with Crippen LogP contribution in [-0.2, 0) is 15.0 Å². The van der Waals surface area contributed by atoms with Gasteiger partial charge in [0.2, 0.25) is 5.91 Å². The molecule has 0 aromatic heterocycles. The van der Waals surface area contributed by atoms with Crippen molar-refractivity contribution >= 4 is 11.8 Å². The van der Waals surface area contributed by atoms with Gasteiger partial charge in [0.05, 0.1) is 6.54 Å². The van der Waals surface area contributed by atoms with Crippen molar-refractivity contribution in [2.75, 3.05) is 13.1 Å². The lowest BCUT2D eigenvalue weighted by atomic mass is 9.80. The number of carbonyl (C=O) groups is 2. The fourth-order valence-corrected chi connectivity index (χ4v) is 3.06. The molecule has 0 unspecified atom stereocenters. The van der Waals surface area contributed by atoms with Gasteiger partial charge in [-0.05, 0) is 30.2 Å². The molecule has 0 bridgehead atoms. The van der Waals surface area contributed by atoms with Crippen molar-refractivity contribution in [3.63, 3.8) is 0 Å². The number of piperidine rings is 1. The van der Waals surface area contributed by atoms with Crippen molar-refractivity contribution in [1.29, 1.82) is 0 Å². The molecule has 0 spiro atoms. The number of carbonyl (C=O) groups excluding carboxylic acids is 2. The van der Waals surface area contributed by atoms with Crippen LogP contribution in [-0.4, -0.2) is 40.5 Å². The Balaban J connectivity index is 1.96. The number of β-amino-alcohol motifs (C(OH)–C–C–N with tert-alkyl or cyclic N) is 1. The van der Waals surface area contributed by atoms with Gasteiger partial charge in [-0.1, -0.05) is 44.2 Å². The smallest absolute Gasteiger partial charge is 0.251 e. The molecule has 1 aliphatic rings. The first kappa shape index (κ1) is 17.5. The molecule has 5 nitrogen and oxygen atoms in total. The standard InChI is InChI=1S/C18H26N2O3/c1-17(2,14-7-4-3-5-8-14)11-9-15(21)20-12-6-10-18(23,13-20)16(19)22/h3-5,7-8,23H,6,9-13H2,1-2H3,(H2,19,22)/t18-/m1/s1. The van der Waals surface area contributed by atoms with Crippen molar-refractivity contribution in [1.82, 2.24) is 4.90 Å². The van der Waals surface area contributed by atoms with E-state index in [4.69, 9.17) is 5.73 Å². The molecule has 1 aromatic carbocycles. The maximum absolute atomic E-state index is 12.4. The minimum Gasteiger partial charge on any atom is -0.378 e. The van der Waals surface area contributed by atoms with Gasteiger partial charge < -0.3 is 15.7 Å². The largest absolute Gasteiger partial charge is 0.378 e. The van der Waals surface area contributed by atoms with Gasteiger partial charge >= 0.3 is 0 Å². The molecule has 23 heavy (non-hydrogen) atoms. The molecule has 1 atom stereocenters. The molecule has 0 radical (unpaired) electrons. The number of benzene rings is 1. The summed E-state index contributed by atoms with van der Waals surface area (Å²) in [6.07, 6.45) is 2.01. The summed E-state index contributed by atoms with van der Waals surface area (Å²) >= 11 is 0. The van der Waals surface area contributed by atoms with E-state index in [0.29, 0.717) is 32.2 Å². The Kier molecular flexibility index (Phi) is 5.09. The number of aliphatic hydroxyl groups is 1. The average Bonchev–Trinajstić information content (AvgIpc) is 2.53. The summed E-state index contributed by atoms with van der Waals surface area (Å²) in [5, 5.41) is 10.2. The zero-order valence-electron chi connectivity index (χ0n) is 13.9. The van der Waals surface area contributed by atoms with Crippen LogP contribution in [0.4, 0.5) is 0 Å². The van der Waals surface area contributed by atoms with E-state index in [9.17, 15) is 14.7 Å². The molecule has 1 aliphatic heterocycles. The van der Waals surface area contributed by atoms with Crippen LogP contribution in [0.5, 0.6) is 0 Å². The molecule has 1 aromatic rings. The molecule has 2 rings (SSSR count). The minimum atomic E-state index is -1.58. The topological polar surface area (TPSA) is 83.6 Å². The number of rotatable bonds is 5. The number of nitrogens with two attached hydrogens (primary N) is 1. The second-order valence-corrected chi connectivity index (χ2v) is 7.06. The third-order valence-corrected chi connectivity index (χ3v) is 4.80. The van der Waals surface area contributed by atoms with E-state index in [1.807, 2.05) is 18.2 Å². The predicted molar refractivity (Wildman–Crippen MR) is 88.7 cm³/mol. The molecule has 3 N–H and O–H groups in total. The van der Waals surface area contributed by atoms with Crippen LogP contribution in [0.2, 0.25) is 0 Å². The van der Waals surface area contributed by atoms with Crippen LogP contribution in [0, 0.1) is 0 Å². The highest BCUT2D eigenvalue weighted by molar-refractivity contribution is 5.85. The summed E-state index contributed by atoms with van der Waals surface area (Å²) in [5.41, 5.74) is 4.77. The van der Waals surface area contributed by atoms with Crippen molar-refractivity contribution in [3.05, 3.63) is 35.9 Å². The van der Waals surface area contributed by atoms with E-state index in [1.165, 1.54) is 5.56 Å². The van der Waals surface area contributed by atoms with Gasteiger partial charge in [0, 0.05) is 13.0 Å². The lowest BCUT2D eigenvalue weighted by molar-refractivity contribution is -0.149. The highest BCUT2D eigenvalue weighted by Crippen LogP contribution is 2.29. The van der Waals surface area contributed by atoms with Crippen molar-refractivity contribution in [2.24, 2.45) is 5.73 Å². The van der Waals surface area contributed by atoms with Gasteiger partial charge in [-0.2, -0.15) is 0 Å². The monoisotopic (exact) mass is 318 g/mol. The van der Waals surface area contributed by atoms with Gasteiger partial charge in [0.25, 0.3) is 5.91 Å². The molecule has 1 heterocycles. The lowest BCUT2D eigenvalue weighted by Crippen LogP contribution is -2.57. The van der Waals surface area contributed by atoms with Gasteiger partial charge in [-0.25, -0.2) is 0 Å². The number of nitrogens with zero attached hydrogens (tertiary/aromatic N) is 1. The summed E-state index contributed by atoms with van der Waals surface area (Å²) < 4.78 is 0. The summed E-state index contributed by atoms with van der Waals surface area (Å²) in [4.78, 5) is 25.4. The highest BCUT2D eigenvalue weighted by atomic mass is 16.3. The van der Waals surface area contributed by atoms with Gasteiger partial charge in [-0.3, -0.25) is 9.59 Å². The molecular weight excluding hydrogens is 292 g/mol.